The Bertz CT molecular complexity index is 1120. The molecule has 0 aromatic heterocycles. The van der Waals surface area contributed by atoms with E-state index in [0.29, 0.717) is 39.0 Å². The van der Waals surface area contributed by atoms with Crippen molar-refractivity contribution in [1.29, 1.82) is 0 Å². The molecule has 0 aliphatic carbocycles. The van der Waals surface area contributed by atoms with Crippen molar-refractivity contribution in [2.75, 3.05) is 33.3 Å². The summed E-state index contributed by atoms with van der Waals surface area (Å²) >= 11 is 0. The lowest BCUT2D eigenvalue weighted by Crippen LogP contribution is -2.56. The second kappa shape index (κ2) is 10.7. The Labute approximate surface area is 224 Å². The van der Waals surface area contributed by atoms with E-state index in [-0.39, 0.29) is 24.3 Å². The number of hydrogen-bond acceptors (Lipinski definition) is 5. The van der Waals surface area contributed by atoms with E-state index in [0.717, 1.165) is 24.8 Å². The van der Waals surface area contributed by atoms with Crippen LogP contribution in [0, 0.1) is 11.8 Å². The van der Waals surface area contributed by atoms with Gasteiger partial charge in [-0.05, 0) is 24.8 Å². The van der Waals surface area contributed by atoms with Crippen molar-refractivity contribution in [2.24, 2.45) is 11.8 Å². The number of aliphatic hydroxyl groups is 1. The molecule has 5 rings (SSSR count). The summed E-state index contributed by atoms with van der Waals surface area (Å²) < 4.78 is 6.95. The molecule has 8 nitrogen and oxygen atoms in total. The molecule has 0 saturated carbocycles. The average Bonchev–Trinajstić information content (AvgIpc) is 3.22. The molecule has 0 radical (unpaired) electrons. The second-order valence-corrected chi connectivity index (χ2v) is 11.0. The van der Waals surface area contributed by atoms with Gasteiger partial charge in [0.25, 0.3) is 0 Å². The monoisotopic (exact) mass is 521 g/mol. The van der Waals surface area contributed by atoms with Crippen molar-refractivity contribution in [2.45, 2.75) is 62.8 Å². The first kappa shape index (κ1) is 26.6. The maximum atomic E-state index is 14.3. The normalized spacial score (nSPS) is 32.3. The van der Waals surface area contributed by atoms with Crippen molar-refractivity contribution in [1.82, 2.24) is 14.7 Å². The van der Waals surface area contributed by atoms with Crippen LogP contribution >= 0.6 is 0 Å². The minimum Gasteiger partial charge on any atom is -0.396 e. The van der Waals surface area contributed by atoms with Crippen molar-refractivity contribution >= 4 is 17.7 Å². The van der Waals surface area contributed by atoms with Crippen LogP contribution in [0.15, 0.2) is 54.6 Å². The number of carbonyl (C=O) groups is 3. The van der Waals surface area contributed by atoms with Gasteiger partial charge in [-0.2, -0.15) is 0 Å². The van der Waals surface area contributed by atoms with E-state index >= 15 is 0 Å². The zero-order valence-electron chi connectivity index (χ0n) is 22.4. The number of likely N-dealkylation sites (tertiary alicyclic amines) is 1. The molecule has 1 spiro atoms. The van der Waals surface area contributed by atoms with Crippen LogP contribution in [0.5, 0.6) is 0 Å². The van der Waals surface area contributed by atoms with Crippen LogP contribution in [0.4, 0.5) is 0 Å². The van der Waals surface area contributed by atoms with Crippen LogP contribution in [0.2, 0.25) is 0 Å². The zero-order valence-corrected chi connectivity index (χ0v) is 22.4. The Morgan fingerprint density at radius 3 is 2.39 bits per heavy atom. The third kappa shape index (κ3) is 4.28. The highest BCUT2D eigenvalue weighted by Crippen LogP contribution is 2.58. The van der Waals surface area contributed by atoms with E-state index < -0.39 is 29.1 Å². The molecule has 2 fully saturated rings. The van der Waals surface area contributed by atoms with E-state index in [9.17, 15) is 14.4 Å². The number of benzene rings is 1. The summed E-state index contributed by atoms with van der Waals surface area (Å²) in [5.74, 6) is -1.88. The molecule has 1 N–H and O–H groups in total. The summed E-state index contributed by atoms with van der Waals surface area (Å²) in [5, 5.41) is 9.14. The molecule has 2 saturated heterocycles. The third-order valence-corrected chi connectivity index (χ3v) is 8.75. The highest BCUT2D eigenvalue weighted by molar-refractivity contribution is 6.00. The second-order valence-electron chi connectivity index (χ2n) is 11.0. The lowest BCUT2D eigenvalue weighted by molar-refractivity contribution is -0.154. The number of hydrogen-bond donors (Lipinski definition) is 1. The Balaban J connectivity index is 1.55. The predicted molar refractivity (Wildman–Crippen MR) is 143 cm³/mol. The van der Waals surface area contributed by atoms with E-state index in [1.165, 1.54) is 0 Å². The molecule has 1 aromatic rings. The predicted octanol–water partition coefficient (Wildman–Crippen LogP) is 2.53. The van der Waals surface area contributed by atoms with Crippen LogP contribution in [-0.4, -0.2) is 88.1 Å². The van der Waals surface area contributed by atoms with Gasteiger partial charge < -0.3 is 24.5 Å². The molecule has 0 bridgehead atoms. The number of carbonyl (C=O) groups excluding carboxylic acids is 3. The summed E-state index contributed by atoms with van der Waals surface area (Å²) in [5.41, 5.74) is -1.12. The lowest BCUT2D eigenvalue weighted by Gasteiger charge is -2.38. The van der Waals surface area contributed by atoms with Gasteiger partial charge in [-0.15, -0.1) is 0 Å². The number of ether oxygens (including phenoxy) is 1. The van der Waals surface area contributed by atoms with E-state index in [2.05, 4.69) is 0 Å². The molecule has 4 aliphatic heterocycles. The molecule has 4 aliphatic rings. The quantitative estimate of drug-likeness (QED) is 0.399. The van der Waals surface area contributed by atoms with Crippen molar-refractivity contribution in [3.05, 3.63) is 60.2 Å². The molecule has 204 valence electrons. The molecular formula is C30H39N3O5. The molecule has 4 heterocycles. The molecule has 3 amide bonds. The smallest absolute Gasteiger partial charge is 0.249 e. The first-order valence-electron chi connectivity index (χ1n) is 13.9. The number of likely N-dealkylation sites (N-methyl/N-ethyl adjacent to an activating group) is 1. The van der Waals surface area contributed by atoms with Crippen LogP contribution in [0.1, 0.15) is 44.6 Å². The number of rotatable bonds is 9. The maximum absolute atomic E-state index is 14.3. The fourth-order valence-corrected chi connectivity index (χ4v) is 6.86. The first-order chi connectivity index (χ1) is 18.4. The maximum Gasteiger partial charge on any atom is 0.249 e. The van der Waals surface area contributed by atoms with Gasteiger partial charge in [0.15, 0.2) is 0 Å². The van der Waals surface area contributed by atoms with Crippen molar-refractivity contribution in [3.63, 3.8) is 0 Å². The molecule has 1 unspecified atom stereocenters. The molecular weight excluding hydrogens is 482 g/mol. The molecule has 8 heteroatoms. The Hall–Kier alpha value is -2.97. The summed E-state index contributed by atoms with van der Waals surface area (Å²) in [6, 6.07) is 9.02. The standard InChI is InChI=1S/C30H39N3O5/c1-3-29-15-11-17-31(2)26(35)23(29)24-27(36)33(19-9-4-5-10-20-34)25-28(37)32(18-12-16-30(24,25)38-29)21-22-13-7-6-8-14-22/h6-8,11-16,23-25,34H,3-5,9-10,17-21H2,1-2H3/t23-,24+,25?,29+,30+/m1/s1. The van der Waals surface area contributed by atoms with Gasteiger partial charge in [-0.25, -0.2) is 0 Å². The fraction of sp³-hybridized carbons (Fsp3) is 0.567. The SMILES string of the molecule is CC[C@]12C=CCN(C)C(=O)[C@H]1[C@H]1C(=O)N(CCCCCCO)C3C(=O)N(Cc4ccccc4)CC=C[C@@]31O2. The Morgan fingerprint density at radius 1 is 0.921 bits per heavy atom. The molecule has 38 heavy (non-hydrogen) atoms. The summed E-state index contributed by atoms with van der Waals surface area (Å²) in [6.45, 7) is 3.85. The zero-order chi connectivity index (χ0) is 26.9. The number of amides is 3. The van der Waals surface area contributed by atoms with Gasteiger partial charge in [0.05, 0.1) is 17.4 Å². The lowest BCUT2D eigenvalue weighted by atomic mass is 9.73. The van der Waals surface area contributed by atoms with Gasteiger partial charge in [-0.1, -0.05) is 74.4 Å². The number of fused-ring (bicyclic) bond motifs is 2. The number of unbranched alkanes of at least 4 members (excludes halogenated alkanes) is 3. The number of nitrogens with zero attached hydrogens (tertiary/aromatic N) is 3. The van der Waals surface area contributed by atoms with Gasteiger partial charge in [0.1, 0.15) is 11.6 Å². The highest BCUT2D eigenvalue weighted by atomic mass is 16.5. The summed E-state index contributed by atoms with van der Waals surface area (Å²) in [7, 11) is 1.76. The third-order valence-electron chi connectivity index (χ3n) is 8.75. The Morgan fingerprint density at radius 2 is 1.66 bits per heavy atom. The minimum absolute atomic E-state index is 0.109. The Kier molecular flexibility index (Phi) is 7.47. The van der Waals surface area contributed by atoms with E-state index in [1.807, 2.05) is 61.6 Å². The van der Waals surface area contributed by atoms with Gasteiger partial charge in [-0.3, -0.25) is 14.4 Å². The van der Waals surface area contributed by atoms with Crippen molar-refractivity contribution < 1.29 is 24.2 Å². The van der Waals surface area contributed by atoms with Gasteiger partial charge >= 0.3 is 0 Å². The van der Waals surface area contributed by atoms with E-state index in [4.69, 9.17) is 9.84 Å². The topological polar surface area (TPSA) is 90.4 Å². The van der Waals surface area contributed by atoms with Crippen LogP contribution < -0.4 is 0 Å². The van der Waals surface area contributed by atoms with Crippen LogP contribution in [-0.2, 0) is 25.7 Å². The van der Waals surface area contributed by atoms with Crippen LogP contribution in [0.3, 0.4) is 0 Å². The largest absolute Gasteiger partial charge is 0.396 e. The van der Waals surface area contributed by atoms with Crippen molar-refractivity contribution in [3.8, 4) is 0 Å². The number of aliphatic hydroxyl groups excluding tert-OH is 1. The van der Waals surface area contributed by atoms with Gasteiger partial charge in [0, 0.05) is 39.8 Å². The summed E-state index contributed by atoms with van der Waals surface area (Å²) in [4.78, 5) is 47.5. The fourth-order valence-electron chi connectivity index (χ4n) is 6.86. The first-order valence-corrected chi connectivity index (χ1v) is 13.9. The molecule has 1 aromatic carbocycles. The highest BCUT2D eigenvalue weighted by Gasteiger charge is 2.75. The van der Waals surface area contributed by atoms with Gasteiger partial charge in [0.2, 0.25) is 17.7 Å². The minimum atomic E-state index is -1.20. The molecule has 5 atom stereocenters. The average molecular weight is 522 g/mol. The van der Waals surface area contributed by atoms with E-state index in [1.54, 1.807) is 21.7 Å². The summed E-state index contributed by atoms with van der Waals surface area (Å²) in [6.07, 6.45) is 11.4. The van der Waals surface area contributed by atoms with Crippen LogP contribution in [0.25, 0.3) is 0 Å².